The maximum absolute atomic E-state index is 12.8. The van der Waals surface area contributed by atoms with Gasteiger partial charge in [0.1, 0.15) is 5.00 Å². The normalized spacial score (nSPS) is 10.7. The Morgan fingerprint density at radius 2 is 2.00 bits per heavy atom. The van der Waals surface area contributed by atoms with Gasteiger partial charge in [-0.25, -0.2) is 9.48 Å². The Bertz CT molecular complexity index is 1240. The van der Waals surface area contributed by atoms with Crippen molar-refractivity contribution in [3.05, 3.63) is 50.4 Å². The van der Waals surface area contributed by atoms with E-state index >= 15 is 0 Å². The average Bonchev–Trinajstić information content (AvgIpc) is 3.51. The van der Waals surface area contributed by atoms with E-state index in [9.17, 15) is 24.5 Å². The fraction of sp³-hybridized carbons (Fsp3) is 0.368. The molecule has 3 aromatic rings. The van der Waals surface area contributed by atoms with Crippen LogP contribution >= 0.6 is 11.3 Å². The van der Waals surface area contributed by atoms with Crippen LogP contribution in [0.3, 0.4) is 0 Å². The van der Waals surface area contributed by atoms with Crippen LogP contribution in [0, 0.1) is 17.0 Å². The first-order valence-corrected chi connectivity index (χ1v) is 10.8. The summed E-state index contributed by atoms with van der Waals surface area (Å²) in [5.41, 5.74) is 0.554. The molecule has 3 rings (SSSR count). The monoisotopic (exact) mass is 490 g/mol. The second-order valence-corrected chi connectivity index (χ2v) is 8.29. The first-order valence-electron chi connectivity index (χ1n) is 10.0. The largest absolute Gasteiger partial charge is 0.491 e. The summed E-state index contributed by atoms with van der Waals surface area (Å²) in [5.74, 6) is -2.11. The SMILES string of the molecule is CCCOC(=O)c1c(NC(=O)c2ccn(Cn3cnc([N+](=O)[O-])n3)n2)sc(C(=O)N(C)C)c1C. The summed E-state index contributed by atoms with van der Waals surface area (Å²) in [7, 11) is 3.18. The minimum atomic E-state index is -0.722. The number of esters is 1. The van der Waals surface area contributed by atoms with Crippen LogP contribution in [0.4, 0.5) is 10.9 Å². The third-order valence-corrected chi connectivity index (χ3v) is 5.66. The van der Waals surface area contributed by atoms with Crippen molar-refractivity contribution in [1.29, 1.82) is 0 Å². The lowest BCUT2D eigenvalue weighted by Crippen LogP contribution is -2.21. The number of amides is 2. The van der Waals surface area contributed by atoms with E-state index in [1.54, 1.807) is 21.0 Å². The molecule has 34 heavy (non-hydrogen) atoms. The van der Waals surface area contributed by atoms with Gasteiger partial charge in [0.2, 0.25) is 6.33 Å². The average molecular weight is 491 g/mol. The summed E-state index contributed by atoms with van der Waals surface area (Å²) >= 11 is 0.977. The molecule has 0 radical (unpaired) electrons. The molecule has 0 aliphatic heterocycles. The zero-order chi connectivity index (χ0) is 25.0. The highest BCUT2D eigenvalue weighted by Gasteiger charge is 2.28. The zero-order valence-corrected chi connectivity index (χ0v) is 19.7. The lowest BCUT2D eigenvalue weighted by molar-refractivity contribution is -0.394. The number of anilines is 1. The number of carbonyl (C=O) groups excluding carboxylic acids is 3. The van der Waals surface area contributed by atoms with Gasteiger partial charge in [-0.15, -0.1) is 11.3 Å². The fourth-order valence-corrected chi connectivity index (χ4v) is 4.05. The molecule has 0 aromatic carbocycles. The molecule has 0 bridgehead atoms. The summed E-state index contributed by atoms with van der Waals surface area (Å²) in [6, 6.07) is 1.43. The number of nitro groups is 1. The van der Waals surface area contributed by atoms with E-state index in [1.165, 1.54) is 32.9 Å². The van der Waals surface area contributed by atoms with Crippen molar-refractivity contribution in [2.24, 2.45) is 0 Å². The van der Waals surface area contributed by atoms with Crippen molar-refractivity contribution in [3.8, 4) is 0 Å². The quantitative estimate of drug-likeness (QED) is 0.267. The molecule has 2 amide bonds. The third kappa shape index (κ3) is 5.25. The van der Waals surface area contributed by atoms with Gasteiger partial charge in [0.15, 0.2) is 12.4 Å². The van der Waals surface area contributed by atoms with Crippen LogP contribution in [0.25, 0.3) is 0 Å². The molecule has 0 saturated carbocycles. The molecule has 3 heterocycles. The molecule has 3 aromatic heterocycles. The lowest BCUT2D eigenvalue weighted by atomic mass is 10.1. The first-order chi connectivity index (χ1) is 16.1. The number of carbonyl (C=O) groups is 3. The van der Waals surface area contributed by atoms with Crippen LogP contribution in [0.2, 0.25) is 0 Å². The minimum Gasteiger partial charge on any atom is -0.462 e. The van der Waals surface area contributed by atoms with Crippen molar-refractivity contribution in [1.82, 2.24) is 29.4 Å². The van der Waals surface area contributed by atoms with Gasteiger partial charge in [-0.3, -0.25) is 9.59 Å². The van der Waals surface area contributed by atoms with Crippen LogP contribution in [0.1, 0.15) is 49.4 Å². The molecule has 14 nitrogen and oxygen atoms in total. The Balaban J connectivity index is 1.83. The second kappa shape index (κ2) is 10.2. The topological polar surface area (TPSA) is 167 Å². The number of hydrogen-bond acceptors (Lipinski definition) is 10. The second-order valence-electron chi connectivity index (χ2n) is 7.27. The number of thiophene rings is 1. The van der Waals surface area contributed by atoms with Crippen molar-refractivity contribution in [2.45, 2.75) is 26.9 Å². The van der Waals surface area contributed by atoms with Gasteiger partial charge >= 0.3 is 11.9 Å². The van der Waals surface area contributed by atoms with Gasteiger partial charge in [-0.05, 0) is 29.9 Å². The van der Waals surface area contributed by atoms with Gasteiger partial charge in [0, 0.05) is 25.4 Å². The Morgan fingerprint density at radius 1 is 1.26 bits per heavy atom. The van der Waals surface area contributed by atoms with E-state index in [2.05, 4.69) is 20.5 Å². The van der Waals surface area contributed by atoms with E-state index in [4.69, 9.17) is 4.74 Å². The summed E-state index contributed by atoms with van der Waals surface area (Å²) in [4.78, 5) is 53.3. The molecule has 0 spiro atoms. The van der Waals surface area contributed by atoms with Crippen LogP contribution in [-0.4, -0.2) is 72.9 Å². The number of hydrogen-bond donors (Lipinski definition) is 1. The third-order valence-electron chi connectivity index (χ3n) is 4.47. The Kier molecular flexibility index (Phi) is 7.35. The molecule has 0 atom stereocenters. The predicted octanol–water partition coefficient (Wildman–Crippen LogP) is 1.78. The highest BCUT2D eigenvalue weighted by Crippen LogP contribution is 2.34. The van der Waals surface area contributed by atoms with E-state index in [-0.39, 0.29) is 35.4 Å². The molecular formula is C19H22N8O6S. The number of ether oxygens (including phenoxy) is 1. The first kappa shape index (κ1) is 24.5. The molecule has 1 N–H and O–H groups in total. The Morgan fingerprint density at radius 3 is 2.62 bits per heavy atom. The fourth-order valence-electron chi connectivity index (χ4n) is 2.84. The van der Waals surface area contributed by atoms with Crippen LogP contribution < -0.4 is 5.32 Å². The van der Waals surface area contributed by atoms with Gasteiger partial charge in [-0.2, -0.15) is 9.78 Å². The Hall–Kier alpha value is -4.14. The van der Waals surface area contributed by atoms with Crippen LogP contribution in [-0.2, 0) is 11.4 Å². The summed E-state index contributed by atoms with van der Waals surface area (Å²) in [6.45, 7) is 3.66. The molecule has 0 aliphatic carbocycles. The zero-order valence-electron chi connectivity index (χ0n) is 18.8. The number of nitrogens with one attached hydrogen (secondary N) is 1. The standard InChI is InChI=1S/C19H22N8O6S/c1-5-8-33-18(30)13-11(2)14(17(29)24(3)4)34-16(13)21-15(28)12-6-7-25(22-12)10-26-9-20-19(23-26)27(31)32/h6-7,9H,5,8,10H2,1-4H3,(H,21,28). The minimum absolute atomic E-state index is 0.0116. The van der Waals surface area contributed by atoms with Crippen molar-refractivity contribution >= 4 is 40.1 Å². The van der Waals surface area contributed by atoms with Crippen LogP contribution in [0.5, 0.6) is 0 Å². The van der Waals surface area contributed by atoms with E-state index in [0.29, 0.717) is 16.9 Å². The van der Waals surface area contributed by atoms with Crippen LogP contribution in [0.15, 0.2) is 18.6 Å². The molecule has 180 valence electrons. The number of nitrogens with zero attached hydrogens (tertiary/aromatic N) is 7. The molecule has 0 fully saturated rings. The molecular weight excluding hydrogens is 468 g/mol. The molecule has 0 unspecified atom stereocenters. The lowest BCUT2D eigenvalue weighted by Gasteiger charge is -2.09. The number of aromatic nitrogens is 5. The summed E-state index contributed by atoms with van der Waals surface area (Å²) in [6.07, 6.45) is 3.28. The molecule has 0 aliphatic rings. The molecule has 15 heteroatoms. The van der Waals surface area contributed by atoms with Gasteiger partial charge in [0.25, 0.3) is 11.8 Å². The van der Waals surface area contributed by atoms with Gasteiger partial charge in [-0.1, -0.05) is 11.9 Å². The van der Waals surface area contributed by atoms with Gasteiger partial charge < -0.3 is 25.1 Å². The highest BCUT2D eigenvalue weighted by atomic mass is 32.1. The van der Waals surface area contributed by atoms with E-state index in [1.807, 2.05) is 6.92 Å². The smallest absolute Gasteiger partial charge is 0.462 e. The van der Waals surface area contributed by atoms with Crippen molar-refractivity contribution in [2.75, 3.05) is 26.0 Å². The van der Waals surface area contributed by atoms with E-state index in [0.717, 1.165) is 11.3 Å². The Labute approximate surface area is 197 Å². The van der Waals surface area contributed by atoms with Gasteiger partial charge in [0.05, 0.1) is 17.0 Å². The van der Waals surface area contributed by atoms with E-state index < -0.39 is 22.7 Å². The summed E-state index contributed by atoms with van der Waals surface area (Å²) < 4.78 is 7.77. The number of rotatable bonds is 9. The molecule has 0 saturated heterocycles. The predicted molar refractivity (Wildman–Crippen MR) is 120 cm³/mol. The van der Waals surface area contributed by atoms with Crippen molar-refractivity contribution < 1.29 is 24.0 Å². The van der Waals surface area contributed by atoms with Crippen molar-refractivity contribution in [3.63, 3.8) is 0 Å². The maximum atomic E-state index is 12.8. The maximum Gasteiger partial charge on any atom is 0.491 e. The highest BCUT2D eigenvalue weighted by molar-refractivity contribution is 7.18. The summed E-state index contributed by atoms with van der Waals surface area (Å²) in [5, 5.41) is 21.3.